The highest BCUT2D eigenvalue weighted by molar-refractivity contribution is 5.96. The molecule has 0 spiro atoms. The quantitative estimate of drug-likeness (QED) is 0.630. The second-order valence-electron chi connectivity index (χ2n) is 7.28. The Morgan fingerprint density at radius 2 is 1.80 bits per heavy atom. The van der Waals surface area contributed by atoms with Gasteiger partial charge in [0, 0.05) is 39.0 Å². The van der Waals surface area contributed by atoms with E-state index in [4.69, 9.17) is 4.74 Å². The number of piperidine rings is 1. The van der Waals surface area contributed by atoms with Gasteiger partial charge in [0.25, 0.3) is 5.91 Å². The number of hydrogen-bond donors (Lipinski definition) is 0. The number of benzene rings is 2. The second-order valence-corrected chi connectivity index (χ2v) is 7.28. The molecule has 1 heterocycles. The summed E-state index contributed by atoms with van der Waals surface area (Å²) in [6, 6.07) is 14.2. The summed E-state index contributed by atoms with van der Waals surface area (Å²) in [5.41, 5.74) is 2.27. The van der Waals surface area contributed by atoms with Gasteiger partial charge in [0.15, 0.2) is 0 Å². The van der Waals surface area contributed by atoms with E-state index in [2.05, 4.69) is 21.8 Å². The number of para-hydroxylation sites is 1. The fraction of sp³-hybridized carbons (Fsp3) is 0.435. The normalized spacial score (nSPS) is 14.8. The molecule has 1 amide bonds. The molecule has 1 saturated heterocycles. The summed E-state index contributed by atoms with van der Waals surface area (Å²) < 4.78 is 35.3. The lowest BCUT2D eigenvalue weighted by atomic mass is 10.1. The third-order valence-electron chi connectivity index (χ3n) is 5.45. The Morgan fingerprint density at radius 3 is 2.40 bits per heavy atom. The van der Waals surface area contributed by atoms with Crippen molar-refractivity contribution in [3.63, 3.8) is 0 Å². The van der Waals surface area contributed by atoms with Gasteiger partial charge in [0.2, 0.25) is 0 Å². The maximum Gasteiger partial charge on any atom is 0.387 e. The van der Waals surface area contributed by atoms with Crippen molar-refractivity contribution in [3.8, 4) is 5.75 Å². The molecule has 0 atom stereocenters. The van der Waals surface area contributed by atoms with E-state index in [9.17, 15) is 13.6 Å². The van der Waals surface area contributed by atoms with Crippen LogP contribution in [0.25, 0.3) is 0 Å². The lowest BCUT2D eigenvalue weighted by Gasteiger charge is -2.33. The van der Waals surface area contributed by atoms with E-state index < -0.39 is 6.61 Å². The SMILES string of the molecule is CCN(Cc1ccc(N2CCC(OC)CC2)cc1)C(=O)c1ccccc1OC(F)F. The molecule has 30 heavy (non-hydrogen) atoms. The highest BCUT2D eigenvalue weighted by atomic mass is 19.3. The van der Waals surface area contributed by atoms with Crippen molar-refractivity contribution in [3.05, 3.63) is 59.7 Å². The van der Waals surface area contributed by atoms with Crippen LogP contribution in [0.5, 0.6) is 5.75 Å². The maximum atomic E-state index is 12.9. The molecule has 0 aromatic heterocycles. The van der Waals surface area contributed by atoms with Gasteiger partial charge in [-0.1, -0.05) is 24.3 Å². The van der Waals surface area contributed by atoms with Crippen LogP contribution in [0.2, 0.25) is 0 Å². The molecular weight excluding hydrogens is 390 g/mol. The number of rotatable bonds is 8. The van der Waals surface area contributed by atoms with Crippen molar-refractivity contribution in [1.29, 1.82) is 0 Å². The molecule has 0 saturated carbocycles. The highest BCUT2D eigenvalue weighted by Crippen LogP contribution is 2.24. The van der Waals surface area contributed by atoms with Crippen LogP contribution in [0.4, 0.5) is 14.5 Å². The van der Waals surface area contributed by atoms with Gasteiger partial charge in [-0.2, -0.15) is 8.78 Å². The van der Waals surface area contributed by atoms with E-state index in [1.165, 1.54) is 12.1 Å². The largest absolute Gasteiger partial charge is 0.434 e. The zero-order valence-corrected chi connectivity index (χ0v) is 17.4. The minimum Gasteiger partial charge on any atom is -0.434 e. The van der Waals surface area contributed by atoms with E-state index in [0.717, 1.165) is 37.2 Å². The fourth-order valence-corrected chi connectivity index (χ4v) is 3.72. The van der Waals surface area contributed by atoms with Crippen LogP contribution < -0.4 is 9.64 Å². The molecule has 162 valence electrons. The Kier molecular flexibility index (Phi) is 7.63. The number of alkyl halides is 2. The van der Waals surface area contributed by atoms with E-state index in [-0.39, 0.29) is 17.2 Å². The van der Waals surface area contributed by atoms with Crippen molar-refractivity contribution in [2.45, 2.75) is 39.0 Å². The molecule has 1 fully saturated rings. The number of anilines is 1. The van der Waals surface area contributed by atoms with Crippen LogP contribution in [0, 0.1) is 0 Å². The van der Waals surface area contributed by atoms with Gasteiger partial charge in [-0.15, -0.1) is 0 Å². The van der Waals surface area contributed by atoms with Gasteiger partial charge in [-0.25, -0.2) is 0 Å². The predicted molar refractivity (Wildman–Crippen MR) is 112 cm³/mol. The average Bonchev–Trinajstić information content (AvgIpc) is 2.77. The molecule has 2 aromatic rings. The van der Waals surface area contributed by atoms with Crippen LogP contribution in [0.15, 0.2) is 48.5 Å². The number of nitrogens with zero attached hydrogens (tertiary/aromatic N) is 2. The summed E-state index contributed by atoms with van der Waals surface area (Å²) in [6.45, 7) is 1.65. The van der Waals surface area contributed by atoms with E-state index in [1.807, 2.05) is 19.1 Å². The molecule has 0 unspecified atom stereocenters. The minimum absolute atomic E-state index is 0.106. The van der Waals surface area contributed by atoms with Crippen LogP contribution in [0.3, 0.4) is 0 Å². The minimum atomic E-state index is -2.98. The Balaban J connectivity index is 1.67. The van der Waals surface area contributed by atoms with E-state index in [1.54, 1.807) is 24.1 Å². The molecule has 0 N–H and O–H groups in total. The third kappa shape index (κ3) is 5.48. The summed E-state index contributed by atoms with van der Waals surface area (Å²) in [7, 11) is 1.76. The van der Waals surface area contributed by atoms with E-state index >= 15 is 0 Å². The molecule has 3 rings (SSSR count). The number of ether oxygens (including phenoxy) is 2. The van der Waals surface area contributed by atoms with Gasteiger partial charge < -0.3 is 19.3 Å². The molecule has 0 bridgehead atoms. The topological polar surface area (TPSA) is 42.0 Å². The second kappa shape index (κ2) is 10.4. The van der Waals surface area contributed by atoms with Gasteiger partial charge >= 0.3 is 6.61 Å². The number of methoxy groups -OCH3 is 1. The summed E-state index contributed by atoms with van der Waals surface area (Å²) in [5.74, 6) is -0.440. The monoisotopic (exact) mass is 418 g/mol. The fourth-order valence-electron chi connectivity index (χ4n) is 3.72. The van der Waals surface area contributed by atoms with Crippen molar-refractivity contribution >= 4 is 11.6 Å². The molecule has 5 nitrogen and oxygen atoms in total. The van der Waals surface area contributed by atoms with Crippen LogP contribution in [-0.4, -0.2) is 50.3 Å². The Morgan fingerprint density at radius 1 is 1.13 bits per heavy atom. The zero-order valence-electron chi connectivity index (χ0n) is 17.4. The first-order valence-electron chi connectivity index (χ1n) is 10.2. The average molecular weight is 418 g/mol. The van der Waals surface area contributed by atoms with E-state index in [0.29, 0.717) is 19.2 Å². The van der Waals surface area contributed by atoms with Gasteiger partial charge in [0.05, 0.1) is 11.7 Å². The van der Waals surface area contributed by atoms with Crippen LogP contribution in [0.1, 0.15) is 35.7 Å². The lowest BCUT2D eigenvalue weighted by molar-refractivity contribution is -0.0502. The van der Waals surface area contributed by atoms with Crippen molar-refractivity contribution in [2.24, 2.45) is 0 Å². The molecule has 7 heteroatoms. The van der Waals surface area contributed by atoms with Crippen LogP contribution >= 0.6 is 0 Å². The third-order valence-corrected chi connectivity index (χ3v) is 5.45. The number of hydrogen-bond acceptors (Lipinski definition) is 4. The van der Waals surface area contributed by atoms with Crippen LogP contribution in [-0.2, 0) is 11.3 Å². The molecule has 1 aliphatic heterocycles. The summed E-state index contributed by atoms with van der Waals surface area (Å²) in [5, 5.41) is 0. The predicted octanol–water partition coefficient (Wildman–Crippen LogP) is 4.57. The Labute approximate surface area is 176 Å². The Bertz CT molecular complexity index is 821. The van der Waals surface area contributed by atoms with Crippen molar-refractivity contribution in [2.75, 3.05) is 31.6 Å². The summed E-state index contributed by atoms with van der Waals surface area (Å²) in [4.78, 5) is 16.9. The first-order chi connectivity index (χ1) is 14.5. The maximum absolute atomic E-state index is 12.9. The van der Waals surface area contributed by atoms with Gasteiger partial charge in [-0.3, -0.25) is 4.79 Å². The molecular formula is C23H28F2N2O3. The highest BCUT2D eigenvalue weighted by Gasteiger charge is 2.21. The molecule has 0 radical (unpaired) electrons. The van der Waals surface area contributed by atoms with Crippen molar-refractivity contribution < 1.29 is 23.0 Å². The number of carbonyl (C=O) groups is 1. The summed E-state index contributed by atoms with van der Waals surface area (Å²) >= 11 is 0. The summed E-state index contributed by atoms with van der Waals surface area (Å²) in [6.07, 6.45) is 2.36. The number of carbonyl (C=O) groups excluding carboxylic acids is 1. The molecule has 0 aliphatic carbocycles. The smallest absolute Gasteiger partial charge is 0.387 e. The first kappa shape index (κ1) is 22.0. The van der Waals surface area contributed by atoms with Crippen molar-refractivity contribution in [1.82, 2.24) is 4.90 Å². The first-order valence-corrected chi connectivity index (χ1v) is 10.2. The number of amides is 1. The van der Waals surface area contributed by atoms with Gasteiger partial charge in [-0.05, 0) is 49.6 Å². The molecule has 1 aliphatic rings. The lowest BCUT2D eigenvalue weighted by Crippen LogP contribution is -2.36. The number of halogens is 2. The molecule has 2 aromatic carbocycles. The zero-order chi connectivity index (χ0) is 21.5. The standard InChI is InChI=1S/C23H28F2N2O3/c1-3-26(22(28)20-6-4-5-7-21(20)30-23(24)25)16-17-8-10-18(11-9-17)27-14-12-19(29-2)13-15-27/h4-11,19,23H,3,12-16H2,1-2H3. The van der Waals surface area contributed by atoms with Gasteiger partial charge in [0.1, 0.15) is 5.75 Å². The Hall–Kier alpha value is -2.67.